The van der Waals surface area contributed by atoms with E-state index in [9.17, 15) is 4.79 Å². The molecule has 0 aliphatic rings. The number of hydrogen-bond donors (Lipinski definition) is 1. The normalized spacial score (nSPS) is 12.4. The summed E-state index contributed by atoms with van der Waals surface area (Å²) in [5.74, 6) is 0.831. The van der Waals surface area contributed by atoms with E-state index in [1.165, 1.54) is 9.75 Å². The second-order valence-corrected chi connectivity index (χ2v) is 5.83. The molecule has 19 heavy (non-hydrogen) atoms. The van der Waals surface area contributed by atoms with Gasteiger partial charge in [-0.1, -0.05) is 0 Å². The number of carbonyl (C=O) groups excluding carboxylic acids is 1. The zero-order valence-corrected chi connectivity index (χ0v) is 12.2. The Morgan fingerprint density at radius 2 is 2.16 bits per heavy atom. The molecule has 2 rings (SSSR count). The van der Waals surface area contributed by atoms with Crippen LogP contribution in [-0.2, 0) is 6.54 Å². The Morgan fingerprint density at radius 3 is 2.68 bits per heavy atom. The van der Waals surface area contributed by atoms with Gasteiger partial charge < -0.3 is 15.1 Å². The van der Waals surface area contributed by atoms with Crippen LogP contribution in [0.25, 0.3) is 0 Å². The van der Waals surface area contributed by atoms with Crippen molar-refractivity contribution in [3.05, 3.63) is 45.5 Å². The van der Waals surface area contributed by atoms with Crippen LogP contribution in [-0.4, -0.2) is 17.9 Å². The number of carbonyl (C=O) groups is 1. The molecule has 4 nitrogen and oxygen atoms in total. The molecule has 0 spiro atoms. The van der Waals surface area contributed by atoms with Gasteiger partial charge in [-0.2, -0.15) is 0 Å². The molecule has 2 aromatic rings. The topological polar surface area (TPSA) is 59.5 Å². The van der Waals surface area contributed by atoms with Crippen LogP contribution >= 0.6 is 11.3 Å². The molecule has 0 saturated carbocycles. The lowest BCUT2D eigenvalue weighted by atomic mass is 10.2. The van der Waals surface area contributed by atoms with Crippen LogP contribution in [0, 0.1) is 6.92 Å². The van der Waals surface area contributed by atoms with Gasteiger partial charge in [0.25, 0.3) is 5.91 Å². The van der Waals surface area contributed by atoms with E-state index in [-0.39, 0.29) is 11.9 Å². The van der Waals surface area contributed by atoms with Crippen molar-refractivity contribution in [3.8, 4) is 0 Å². The monoisotopic (exact) mass is 278 g/mol. The van der Waals surface area contributed by atoms with E-state index in [4.69, 9.17) is 10.2 Å². The lowest BCUT2D eigenvalue weighted by Crippen LogP contribution is -2.28. The molecule has 0 aliphatic heterocycles. The number of hydrogen-bond acceptors (Lipinski definition) is 4. The molecule has 102 valence electrons. The third-order valence-electron chi connectivity index (χ3n) is 3.15. The first-order valence-corrected chi connectivity index (χ1v) is 6.97. The molecule has 1 amide bonds. The fourth-order valence-corrected chi connectivity index (χ4v) is 2.79. The number of aryl methyl sites for hydroxylation is 1. The maximum atomic E-state index is 12.3. The van der Waals surface area contributed by atoms with Gasteiger partial charge in [-0.3, -0.25) is 4.79 Å². The number of furan rings is 1. The van der Waals surface area contributed by atoms with Gasteiger partial charge in [-0.15, -0.1) is 11.3 Å². The third-order valence-corrected chi connectivity index (χ3v) is 4.32. The summed E-state index contributed by atoms with van der Waals surface area (Å²) in [5, 5.41) is 0. The summed E-state index contributed by atoms with van der Waals surface area (Å²) in [5.41, 5.74) is 5.48. The summed E-state index contributed by atoms with van der Waals surface area (Å²) in [6.07, 6.45) is 0. The predicted molar refractivity (Wildman–Crippen MR) is 76.2 cm³/mol. The molecule has 0 saturated heterocycles. The number of nitrogens with zero attached hydrogens (tertiary/aromatic N) is 1. The van der Waals surface area contributed by atoms with Gasteiger partial charge in [-0.05, 0) is 38.1 Å². The smallest absolute Gasteiger partial charge is 0.289 e. The molecular formula is C14H18N2O2S. The van der Waals surface area contributed by atoms with Crippen molar-refractivity contribution >= 4 is 17.2 Å². The Labute approximate surface area is 116 Å². The van der Waals surface area contributed by atoms with Gasteiger partial charge in [-0.25, -0.2) is 0 Å². The van der Waals surface area contributed by atoms with Crippen LogP contribution < -0.4 is 5.73 Å². The molecule has 5 heteroatoms. The molecule has 1 atom stereocenters. The molecule has 0 fully saturated rings. The molecule has 2 N–H and O–H groups in total. The van der Waals surface area contributed by atoms with Crippen LogP contribution in [0.2, 0.25) is 0 Å². The van der Waals surface area contributed by atoms with Crippen molar-refractivity contribution in [3.63, 3.8) is 0 Å². The number of rotatable bonds is 4. The van der Waals surface area contributed by atoms with Crippen LogP contribution in [0.1, 0.15) is 39.0 Å². The number of amides is 1. The Balaban J connectivity index is 2.14. The van der Waals surface area contributed by atoms with Crippen LogP contribution in [0.5, 0.6) is 0 Å². The van der Waals surface area contributed by atoms with Gasteiger partial charge in [0.05, 0.1) is 12.6 Å². The average molecular weight is 278 g/mol. The van der Waals surface area contributed by atoms with Crippen molar-refractivity contribution < 1.29 is 9.21 Å². The molecule has 0 aliphatic carbocycles. The average Bonchev–Trinajstić information content (AvgIpc) is 3.04. The molecular weight excluding hydrogens is 260 g/mol. The van der Waals surface area contributed by atoms with Crippen molar-refractivity contribution in [2.24, 2.45) is 5.73 Å². The van der Waals surface area contributed by atoms with Crippen LogP contribution in [0.3, 0.4) is 0 Å². The molecule has 2 aromatic heterocycles. The molecule has 1 unspecified atom stereocenters. The number of thiophene rings is 1. The first kappa shape index (κ1) is 13.8. The second kappa shape index (κ2) is 5.59. The van der Waals surface area contributed by atoms with Gasteiger partial charge in [0.15, 0.2) is 5.76 Å². The third kappa shape index (κ3) is 2.88. The lowest BCUT2D eigenvalue weighted by molar-refractivity contribution is 0.0711. The molecule has 0 bridgehead atoms. The fourth-order valence-electron chi connectivity index (χ4n) is 1.82. The summed E-state index contributed by atoms with van der Waals surface area (Å²) in [4.78, 5) is 16.4. The SMILES string of the molecule is Cc1ccc(C(C)N(C)C(=O)c2ccc(CN)o2)s1. The zero-order chi connectivity index (χ0) is 14.0. The standard InChI is InChI=1S/C14H18N2O2S/c1-9-4-7-13(19-9)10(2)16(3)14(17)12-6-5-11(8-15)18-12/h4-7,10H,8,15H2,1-3H3. The molecule has 0 radical (unpaired) electrons. The van der Waals surface area contributed by atoms with Crippen LogP contribution in [0.4, 0.5) is 0 Å². The Bertz CT molecular complexity index is 574. The quantitative estimate of drug-likeness (QED) is 0.935. The summed E-state index contributed by atoms with van der Waals surface area (Å²) in [6.45, 7) is 4.37. The predicted octanol–water partition coefficient (Wildman–Crippen LogP) is 2.94. The lowest BCUT2D eigenvalue weighted by Gasteiger charge is -2.23. The Morgan fingerprint density at radius 1 is 1.42 bits per heavy atom. The van der Waals surface area contributed by atoms with E-state index in [2.05, 4.69) is 19.1 Å². The summed E-state index contributed by atoms with van der Waals surface area (Å²) in [6, 6.07) is 7.56. The van der Waals surface area contributed by atoms with E-state index in [1.54, 1.807) is 35.4 Å². The zero-order valence-electron chi connectivity index (χ0n) is 11.3. The van der Waals surface area contributed by atoms with Crippen molar-refractivity contribution in [1.82, 2.24) is 4.90 Å². The van der Waals surface area contributed by atoms with Crippen molar-refractivity contribution in [1.29, 1.82) is 0 Å². The summed E-state index contributed by atoms with van der Waals surface area (Å²) < 4.78 is 5.39. The highest BCUT2D eigenvalue weighted by Gasteiger charge is 2.22. The van der Waals surface area contributed by atoms with Gasteiger partial charge >= 0.3 is 0 Å². The summed E-state index contributed by atoms with van der Waals surface area (Å²) in [7, 11) is 1.78. The molecule has 2 heterocycles. The van der Waals surface area contributed by atoms with Gasteiger partial charge in [0.2, 0.25) is 0 Å². The van der Waals surface area contributed by atoms with Crippen molar-refractivity contribution in [2.75, 3.05) is 7.05 Å². The first-order chi connectivity index (χ1) is 9.02. The van der Waals surface area contributed by atoms with Crippen LogP contribution in [0.15, 0.2) is 28.7 Å². The van der Waals surface area contributed by atoms with Crippen molar-refractivity contribution in [2.45, 2.75) is 26.4 Å². The maximum Gasteiger partial charge on any atom is 0.289 e. The Hall–Kier alpha value is -1.59. The van der Waals surface area contributed by atoms with E-state index < -0.39 is 0 Å². The second-order valence-electron chi connectivity index (χ2n) is 4.51. The fraction of sp³-hybridized carbons (Fsp3) is 0.357. The number of nitrogens with two attached hydrogens (primary N) is 1. The molecule has 0 aromatic carbocycles. The minimum Gasteiger partial charge on any atom is -0.455 e. The maximum absolute atomic E-state index is 12.3. The highest BCUT2D eigenvalue weighted by atomic mass is 32.1. The minimum absolute atomic E-state index is 0.0256. The van der Waals surface area contributed by atoms with E-state index in [0.29, 0.717) is 18.1 Å². The van der Waals surface area contributed by atoms with Gasteiger partial charge in [0.1, 0.15) is 5.76 Å². The largest absolute Gasteiger partial charge is 0.455 e. The van der Waals surface area contributed by atoms with E-state index >= 15 is 0 Å². The van der Waals surface area contributed by atoms with Gasteiger partial charge in [0, 0.05) is 16.8 Å². The first-order valence-electron chi connectivity index (χ1n) is 6.15. The summed E-state index contributed by atoms with van der Waals surface area (Å²) >= 11 is 1.70. The highest BCUT2D eigenvalue weighted by Crippen LogP contribution is 2.27. The van der Waals surface area contributed by atoms with E-state index in [0.717, 1.165) is 0 Å². The minimum atomic E-state index is -0.127. The Kier molecular flexibility index (Phi) is 4.07. The highest BCUT2D eigenvalue weighted by molar-refractivity contribution is 7.12. The van der Waals surface area contributed by atoms with E-state index in [1.807, 2.05) is 6.92 Å².